The van der Waals surface area contributed by atoms with Crippen molar-refractivity contribution >= 4 is 51.7 Å². The zero-order chi connectivity index (χ0) is 25.2. The van der Waals surface area contributed by atoms with Crippen molar-refractivity contribution in [3.8, 4) is 0 Å². The molecule has 2 heterocycles. The summed E-state index contributed by atoms with van der Waals surface area (Å²) in [5, 5.41) is 10.1. The van der Waals surface area contributed by atoms with Gasteiger partial charge in [-0.05, 0) is 42.7 Å². The van der Waals surface area contributed by atoms with Crippen molar-refractivity contribution in [3.05, 3.63) is 100 Å². The van der Waals surface area contributed by atoms with Gasteiger partial charge in [-0.3, -0.25) is 9.59 Å². The van der Waals surface area contributed by atoms with Gasteiger partial charge in [0.1, 0.15) is 5.25 Å². The van der Waals surface area contributed by atoms with Crippen LogP contribution in [0.25, 0.3) is 0 Å². The van der Waals surface area contributed by atoms with Crippen LogP contribution in [0.2, 0.25) is 5.02 Å². The summed E-state index contributed by atoms with van der Waals surface area (Å²) in [6.07, 6.45) is 0.709. The monoisotopic (exact) mass is 516 g/mol. The third-order valence-electron chi connectivity index (χ3n) is 6.23. The van der Waals surface area contributed by atoms with Crippen LogP contribution >= 0.6 is 23.4 Å². The number of hydrogen-bond donors (Lipinski definition) is 1. The number of anilines is 1. The Morgan fingerprint density at radius 1 is 1.08 bits per heavy atom. The Balaban J connectivity index is 1.33. The van der Waals surface area contributed by atoms with Crippen molar-refractivity contribution in [2.75, 3.05) is 5.32 Å². The first-order valence-electron chi connectivity index (χ1n) is 11.7. The van der Waals surface area contributed by atoms with Gasteiger partial charge in [0.25, 0.3) is 5.91 Å². The molecule has 0 saturated heterocycles. The number of aliphatic imine (C=N–C) groups is 1. The van der Waals surface area contributed by atoms with Crippen molar-refractivity contribution in [2.24, 2.45) is 10.1 Å². The van der Waals surface area contributed by atoms with E-state index in [1.165, 1.54) is 17.3 Å². The number of nitrogens with zero attached hydrogens (tertiary/aromatic N) is 3. The Kier molecular flexibility index (Phi) is 6.94. The van der Waals surface area contributed by atoms with E-state index in [1.807, 2.05) is 48.3 Å². The van der Waals surface area contributed by atoms with Gasteiger partial charge in [0.15, 0.2) is 5.17 Å². The zero-order valence-electron chi connectivity index (χ0n) is 19.9. The number of hydrogen-bond acceptors (Lipinski definition) is 5. The van der Waals surface area contributed by atoms with E-state index in [0.29, 0.717) is 22.3 Å². The third-order valence-corrected chi connectivity index (χ3v) is 7.78. The first kappa shape index (κ1) is 24.3. The molecule has 2 amide bonds. The molecule has 6 nitrogen and oxygen atoms in total. The largest absolute Gasteiger partial charge is 0.326 e. The number of carbonyl (C=O) groups is 2. The van der Waals surface area contributed by atoms with E-state index in [9.17, 15) is 9.59 Å². The minimum Gasteiger partial charge on any atom is -0.326 e. The third kappa shape index (κ3) is 5.22. The second-order valence-corrected chi connectivity index (χ2v) is 10.5. The highest BCUT2D eigenvalue weighted by molar-refractivity contribution is 8.15. The fourth-order valence-corrected chi connectivity index (χ4v) is 5.44. The summed E-state index contributed by atoms with van der Waals surface area (Å²) in [6, 6.07) is 23.6. The molecule has 0 radical (unpaired) electrons. The highest BCUT2D eigenvalue weighted by atomic mass is 35.5. The number of halogens is 1. The molecule has 0 bridgehead atoms. The predicted molar refractivity (Wildman–Crippen MR) is 147 cm³/mol. The van der Waals surface area contributed by atoms with Crippen molar-refractivity contribution in [1.29, 1.82) is 0 Å². The fourth-order valence-electron chi connectivity index (χ4n) is 4.20. The summed E-state index contributed by atoms with van der Waals surface area (Å²) in [6.45, 7) is 3.95. The second kappa shape index (κ2) is 10.3. The first-order valence-corrected chi connectivity index (χ1v) is 13.0. The molecular weight excluding hydrogens is 492 g/mol. The normalized spacial score (nSPS) is 19.3. The maximum atomic E-state index is 12.8. The molecule has 0 saturated carbocycles. The molecule has 1 N–H and O–H groups in total. The van der Waals surface area contributed by atoms with Gasteiger partial charge in [-0.15, -0.1) is 0 Å². The highest BCUT2D eigenvalue weighted by Crippen LogP contribution is 2.38. The Bertz CT molecular complexity index is 1370. The van der Waals surface area contributed by atoms with Crippen molar-refractivity contribution in [2.45, 2.75) is 38.0 Å². The molecule has 182 valence electrons. The molecule has 0 unspecified atom stereocenters. The summed E-state index contributed by atoms with van der Waals surface area (Å²) in [4.78, 5) is 29.8. The van der Waals surface area contributed by atoms with Crippen LogP contribution in [0.1, 0.15) is 41.1 Å². The molecular formula is C28H25ClN4O2S. The van der Waals surface area contributed by atoms with Gasteiger partial charge in [0.2, 0.25) is 5.91 Å². The van der Waals surface area contributed by atoms with Crippen molar-refractivity contribution in [3.63, 3.8) is 0 Å². The molecule has 2 aliphatic heterocycles. The van der Waals surface area contributed by atoms with Gasteiger partial charge in [-0.2, -0.15) is 10.1 Å². The molecule has 36 heavy (non-hydrogen) atoms. The lowest BCUT2D eigenvalue weighted by atomic mass is 9.98. The maximum absolute atomic E-state index is 12.8. The summed E-state index contributed by atoms with van der Waals surface area (Å²) >= 11 is 7.46. The van der Waals surface area contributed by atoms with Crippen molar-refractivity contribution in [1.82, 2.24) is 5.01 Å². The fraction of sp³-hybridized carbons (Fsp3) is 0.214. The number of carbonyl (C=O) groups excluding carboxylic acids is 2. The van der Waals surface area contributed by atoms with Crippen molar-refractivity contribution < 1.29 is 9.59 Å². The Hall–Kier alpha value is -3.42. The molecule has 2 aliphatic rings. The minimum absolute atomic E-state index is 0.0142. The minimum atomic E-state index is -0.601. The van der Waals surface area contributed by atoms with E-state index in [1.54, 1.807) is 12.1 Å². The standard InChI is InChI=1S/C28H25ClN4O2S/c1-17-8-11-20(12-9-17)24-15-23(19-6-4-3-5-7-19)32-33(24)28-31-27(35)25(36-28)16-26(34)30-21-13-10-18(2)22(29)14-21/h3-14,24-25H,15-16H2,1-2H3,(H,30,34)/t24-,25-/m1/s1. The zero-order valence-corrected chi connectivity index (χ0v) is 21.5. The molecule has 0 spiro atoms. The lowest BCUT2D eigenvalue weighted by molar-refractivity contribution is -0.121. The van der Waals surface area contributed by atoms with Crippen LogP contribution < -0.4 is 5.32 Å². The van der Waals surface area contributed by atoms with Gasteiger partial charge in [0, 0.05) is 23.6 Å². The lowest BCUT2D eigenvalue weighted by Crippen LogP contribution is -2.25. The number of hydrazone groups is 1. The topological polar surface area (TPSA) is 74.1 Å². The number of nitrogens with one attached hydrogen (secondary N) is 1. The van der Waals surface area contributed by atoms with Crippen LogP contribution in [0.4, 0.5) is 5.69 Å². The number of amides is 2. The second-order valence-electron chi connectivity index (χ2n) is 8.94. The van der Waals surface area contributed by atoms with Crippen LogP contribution in [0, 0.1) is 13.8 Å². The lowest BCUT2D eigenvalue weighted by Gasteiger charge is -2.23. The molecule has 0 aromatic heterocycles. The number of benzene rings is 3. The Morgan fingerprint density at radius 3 is 2.56 bits per heavy atom. The molecule has 0 aliphatic carbocycles. The van der Waals surface area contributed by atoms with Crippen LogP contribution in [0.5, 0.6) is 0 Å². The molecule has 5 rings (SSSR count). The molecule has 0 fully saturated rings. The Morgan fingerprint density at radius 2 is 1.83 bits per heavy atom. The molecule has 8 heteroatoms. The number of thioether (sulfide) groups is 1. The average molecular weight is 517 g/mol. The van der Waals surface area contributed by atoms with Gasteiger partial charge < -0.3 is 5.32 Å². The summed E-state index contributed by atoms with van der Waals surface area (Å²) in [5.41, 5.74) is 5.79. The van der Waals surface area contributed by atoms with Crippen LogP contribution in [0.3, 0.4) is 0 Å². The van der Waals surface area contributed by atoms with Crippen LogP contribution in [0.15, 0.2) is 82.9 Å². The van der Waals surface area contributed by atoms with Crippen LogP contribution in [-0.2, 0) is 9.59 Å². The maximum Gasteiger partial charge on any atom is 0.262 e. The smallest absolute Gasteiger partial charge is 0.262 e. The van der Waals surface area contributed by atoms with E-state index in [2.05, 4.69) is 41.5 Å². The quantitative estimate of drug-likeness (QED) is 0.442. The van der Waals surface area contributed by atoms with E-state index in [0.717, 1.165) is 22.4 Å². The van der Waals surface area contributed by atoms with Gasteiger partial charge in [-0.25, -0.2) is 5.01 Å². The van der Waals surface area contributed by atoms with Crippen LogP contribution in [-0.4, -0.2) is 33.0 Å². The molecule has 3 aromatic carbocycles. The highest BCUT2D eigenvalue weighted by Gasteiger charge is 2.39. The number of amidine groups is 1. The van der Waals surface area contributed by atoms with E-state index >= 15 is 0 Å². The molecule has 2 atom stereocenters. The average Bonchev–Trinajstić information content (AvgIpc) is 3.46. The van der Waals surface area contributed by atoms with E-state index in [4.69, 9.17) is 16.7 Å². The SMILES string of the molecule is Cc1ccc([C@H]2CC(c3ccccc3)=NN2C2=NC(=O)[C@@H](CC(=O)Nc3ccc(C)c(Cl)c3)S2)cc1. The first-order chi connectivity index (χ1) is 17.4. The predicted octanol–water partition coefficient (Wildman–Crippen LogP) is 6.13. The van der Waals surface area contributed by atoms with E-state index < -0.39 is 5.25 Å². The molecule has 3 aromatic rings. The summed E-state index contributed by atoms with van der Waals surface area (Å²) in [5.74, 6) is -0.583. The van der Waals surface area contributed by atoms with E-state index in [-0.39, 0.29) is 24.3 Å². The summed E-state index contributed by atoms with van der Waals surface area (Å²) < 4.78 is 0. The number of rotatable bonds is 5. The summed E-state index contributed by atoms with van der Waals surface area (Å²) in [7, 11) is 0. The van der Waals surface area contributed by atoms with Gasteiger partial charge in [-0.1, -0.05) is 89.6 Å². The Labute approximate surface area is 219 Å². The van der Waals surface area contributed by atoms with Gasteiger partial charge in [0.05, 0.1) is 11.8 Å². The number of aryl methyl sites for hydroxylation is 2. The van der Waals surface area contributed by atoms with Gasteiger partial charge >= 0.3 is 0 Å².